The molecule has 0 spiro atoms. The number of nitrogens with one attached hydrogen (secondary N) is 1. The molecule has 2 aromatic carbocycles. The number of carbonyl (C=O) groups excluding carboxylic acids is 1. The first-order valence-corrected chi connectivity index (χ1v) is 9.18. The maximum atomic E-state index is 10.6. The van der Waals surface area contributed by atoms with Crippen LogP contribution in [0, 0.1) is 0 Å². The van der Waals surface area contributed by atoms with Crippen LogP contribution in [0.5, 0.6) is 11.5 Å². The van der Waals surface area contributed by atoms with Gasteiger partial charge in [-0.25, -0.2) is 0 Å². The second-order valence-electron chi connectivity index (χ2n) is 4.63. The van der Waals surface area contributed by atoms with E-state index in [1.54, 1.807) is 23.9 Å². The first kappa shape index (κ1) is 20.4. The molecular weight excluding hydrogens is 344 g/mol. The molecule has 0 aliphatic carbocycles. The molecule has 0 unspecified atom stereocenters. The highest BCUT2D eigenvalue weighted by Crippen LogP contribution is 2.22. The lowest BCUT2D eigenvalue weighted by molar-refractivity contribution is -0.118. The number of halogens is 1. The van der Waals surface area contributed by atoms with Crippen molar-refractivity contribution in [3.8, 4) is 11.5 Å². The zero-order valence-corrected chi connectivity index (χ0v) is 15.3. The summed E-state index contributed by atoms with van der Waals surface area (Å²) in [5, 5.41) is 3.50. The molecule has 4 nitrogen and oxygen atoms in total. The van der Waals surface area contributed by atoms with Crippen LogP contribution in [0.25, 0.3) is 0 Å². The van der Waals surface area contributed by atoms with Gasteiger partial charge in [-0.2, -0.15) is 11.8 Å². The zero-order chi connectivity index (χ0) is 17.6. The van der Waals surface area contributed by atoms with E-state index in [0.29, 0.717) is 10.8 Å². The molecule has 1 heterocycles. The lowest BCUT2D eigenvalue weighted by Crippen LogP contribution is -2.23. The third-order valence-corrected chi connectivity index (χ3v) is 4.11. The van der Waals surface area contributed by atoms with Crippen LogP contribution in [-0.2, 0) is 4.79 Å². The van der Waals surface area contributed by atoms with Gasteiger partial charge in [-0.3, -0.25) is 4.79 Å². The minimum Gasteiger partial charge on any atom is -0.457 e. The summed E-state index contributed by atoms with van der Waals surface area (Å²) in [5.74, 6) is 3.58. The summed E-state index contributed by atoms with van der Waals surface area (Å²) >= 11 is 7.47. The Balaban J connectivity index is 0.000000245. The van der Waals surface area contributed by atoms with Crippen molar-refractivity contribution >= 4 is 29.3 Å². The summed E-state index contributed by atoms with van der Waals surface area (Å²) in [4.78, 5) is 10.6. The molecule has 6 heteroatoms. The molecule has 2 aromatic rings. The number of rotatable bonds is 2. The van der Waals surface area contributed by atoms with E-state index in [1.165, 1.54) is 7.05 Å². The Hall–Kier alpha value is -1.69. The van der Waals surface area contributed by atoms with Crippen LogP contribution in [0.1, 0.15) is 6.42 Å². The molecule has 1 amide bonds. The molecule has 3 N–H and O–H groups in total. The lowest BCUT2D eigenvalue weighted by Gasteiger charge is -2.04. The molecule has 1 fully saturated rings. The predicted molar refractivity (Wildman–Crippen MR) is 103 cm³/mol. The fourth-order valence-corrected chi connectivity index (χ4v) is 2.65. The number of ether oxygens (including phenoxy) is 1. The molecule has 0 bridgehead atoms. The second-order valence-corrected chi connectivity index (χ2v) is 6.17. The van der Waals surface area contributed by atoms with Crippen molar-refractivity contribution in [2.24, 2.45) is 5.73 Å². The molecule has 0 atom stereocenters. The SMILES string of the molecule is CN.Clc1ccc(Oc2ccccc2)cc1.O=C1CSCCCN1. The quantitative estimate of drug-likeness (QED) is 0.844. The molecule has 1 aliphatic rings. The minimum absolute atomic E-state index is 0.188. The first-order valence-electron chi connectivity index (χ1n) is 7.65. The van der Waals surface area contributed by atoms with Gasteiger partial charge in [-0.05, 0) is 55.6 Å². The van der Waals surface area contributed by atoms with E-state index in [-0.39, 0.29) is 5.91 Å². The van der Waals surface area contributed by atoms with Crippen LogP contribution in [0.3, 0.4) is 0 Å². The van der Waals surface area contributed by atoms with E-state index in [1.807, 2.05) is 42.5 Å². The average Bonchev–Trinajstić information content (AvgIpc) is 2.88. The van der Waals surface area contributed by atoms with Crippen LogP contribution >= 0.6 is 23.4 Å². The smallest absolute Gasteiger partial charge is 0.229 e. The number of amides is 1. The van der Waals surface area contributed by atoms with E-state index >= 15 is 0 Å². The van der Waals surface area contributed by atoms with Gasteiger partial charge in [0.05, 0.1) is 5.75 Å². The Labute approximate surface area is 152 Å². The molecule has 130 valence electrons. The topological polar surface area (TPSA) is 64.3 Å². The number of carbonyl (C=O) groups is 1. The zero-order valence-electron chi connectivity index (χ0n) is 13.7. The van der Waals surface area contributed by atoms with Crippen molar-refractivity contribution in [2.75, 3.05) is 25.1 Å². The molecule has 1 saturated heterocycles. The maximum absolute atomic E-state index is 10.6. The van der Waals surface area contributed by atoms with Gasteiger partial charge < -0.3 is 15.8 Å². The third kappa shape index (κ3) is 8.82. The van der Waals surface area contributed by atoms with Crippen molar-refractivity contribution < 1.29 is 9.53 Å². The van der Waals surface area contributed by atoms with E-state index in [0.717, 1.165) is 30.2 Å². The largest absolute Gasteiger partial charge is 0.457 e. The van der Waals surface area contributed by atoms with E-state index in [9.17, 15) is 4.79 Å². The molecule has 24 heavy (non-hydrogen) atoms. The van der Waals surface area contributed by atoms with E-state index in [4.69, 9.17) is 16.3 Å². The third-order valence-electron chi connectivity index (χ3n) is 2.81. The number of para-hydroxylation sites is 1. The molecular formula is C18H23ClN2O2S. The van der Waals surface area contributed by atoms with Gasteiger partial charge in [0.2, 0.25) is 5.91 Å². The van der Waals surface area contributed by atoms with Crippen molar-refractivity contribution in [1.29, 1.82) is 0 Å². The lowest BCUT2D eigenvalue weighted by atomic mass is 10.3. The number of benzene rings is 2. The fourth-order valence-electron chi connectivity index (χ4n) is 1.75. The molecule has 0 saturated carbocycles. The number of nitrogens with two attached hydrogens (primary N) is 1. The van der Waals surface area contributed by atoms with E-state index in [2.05, 4.69) is 11.1 Å². The Bertz CT molecular complexity index is 569. The molecule has 0 aromatic heterocycles. The highest BCUT2D eigenvalue weighted by Gasteiger charge is 2.03. The van der Waals surface area contributed by atoms with E-state index < -0.39 is 0 Å². The Morgan fingerprint density at radius 1 is 1.04 bits per heavy atom. The first-order chi connectivity index (χ1) is 11.7. The van der Waals surface area contributed by atoms with Gasteiger partial charge in [-0.1, -0.05) is 29.8 Å². The summed E-state index contributed by atoms with van der Waals surface area (Å²) < 4.78 is 5.57. The molecule has 0 radical (unpaired) electrons. The summed E-state index contributed by atoms with van der Waals surface area (Å²) in [5.41, 5.74) is 4.50. The summed E-state index contributed by atoms with van der Waals surface area (Å²) in [7, 11) is 1.50. The highest BCUT2D eigenvalue weighted by atomic mass is 35.5. The number of hydrogen-bond donors (Lipinski definition) is 2. The summed E-state index contributed by atoms with van der Waals surface area (Å²) in [6.45, 7) is 0.867. The van der Waals surface area contributed by atoms with Crippen LogP contribution in [0.15, 0.2) is 54.6 Å². The second kappa shape index (κ2) is 12.7. The standard InChI is InChI=1S/C12H9ClO.C5H9NOS.CH5N/c13-10-6-8-12(9-7-10)14-11-4-2-1-3-5-11;7-5-4-8-3-1-2-6-5;1-2/h1-9H;1-4H2,(H,6,7);2H2,1H3. The van der Waals surface area contributed by atoms with Gasteiger partial charge >= 0.3 is 0 Å². The van der Waals surface area contributed by atoms with Gasteiger partial charge in [-0.15, -0.1) is 0 Å². The van der Waals surface area contributed by atoms with Crippen LogP contribution in [0.4, 0.5) is 0 Å². The van der Waals surface area contributed by atoms with Crippen LogP contribution in [-0.4, -0.2) is 31.0 Å². The summed E-state index contributed by atoms with van der Waals surface area (Å²) in [6, 6.07) is 16.9. The van der Waals surface area contributed by atoms with Crippen molar-refractivity contribution in [3.05, 3.63) is 59.6 Å². The average molecular weight is 367 g/mol. The van der Waals surface area contributed by atoms with Gasteiger partial charge in [0.15, 0.2) is 0 Å². The van der Waals surface area contributed by atoms with Crippen LogP contribution in [0.2, 0.25) is 5.02 Å². The van der Waals surface area contributed by atoms with Gasteiger partial charge in [0.25, 0.3) is 0 Å². The molecule has 1 aliphatic heterocycles. The minimum atomic E-state index is 0.188. The maximum Gasteiger partial charge on any atom is 0.229 e. The highest BCUT2D eigenvalue weighted by molar-refractivity contribution is 7.99. The van der Waals surface area contributed by atoms with Gasteiger partial charge in [0, 0.05) is 11.6 Å². The number of hydrogen-bond acceptors (Lipinski definition) is 4. The van der Waals surface area contributed by atoms with Crippen LogP contribution < -0.4 is 15.8 Å². The monoisotopic (exact) mass is 366 g/mol. The van der Waals surface area contributed by atoms with Crippen molar-refractivity contribution in [2.45, 2.75) is 6.42 Å². The normalized spacial score (nSPS) is 13.2. The number of thioether (sulfide) groups is 1. The van der Waals surface area contributed by atoms with Crippen molar-refractivity contribution in [1.82, 2.24) is 5.32 Å². The summed E-state index contributed by atoms with van der Waals surface area (Å²) in [6.07, 6.45) is 1.12. The molecule has 3 rings (SSSR count). The van der Waals surface area contributed by atoms with Crippen molar-refractivity contribution in [3.63, 3.8) is 0 Å². The fraction of sp³-hybridized carbons (Fsp3) is 0.278. The van der Waals surface area contributed by atoms with Gasteiger partial charge in [0.1, 0.15) is 11.5 Å². The Morgan fingerprint density at radius 3 is 2.33 bits per heavy atom. The Morgan fingerprint density at radius 2 is 1.67 bits per heavy atom. The Kier molecular flexibility index (Phi) is 10.8. The predicted octanol–water partition coefficient (Wildman–Crippen LogP) is 3.95.